The largest absolute Gasteiger partial charge is 0.478 e. The Morgan fingerprint density at radius 3 is 2.60 bits per heavy atom. The Kier molecular flexibility index (Phi) is 3.88. The fourth-order valence-electron chi connectivity index (χ4n) is 2.43. The predicted octanol–water partition coefficient (Wildman–Crippen LogP) is 1.35. The molecule has 0 bridgehead atoms. The molecule has 20 heavy (non-hydrogen) atoms. The maximum atomic E-state index is 12.2. The second kappa shape index (κ2) is 5.17. The first kappa shape index (κ1) is 15.0. The molecule has 1 fully saturated rings. The van der Waals surface area contributed by atoms with E-state index in [-0.39, 0.29) is 22.0 Å². The van der Waals surface area contributed by atoms with Gasteiger partial charge in [-0.25, -0.2) is 17.9 Å². The highest BCUT2D eigenvalue weighted by atomic mass is 32.2. The first-order chi connectivity index (χ1) is 9.21. The Hall–Kier alpha value is -1.41. The first-order valence-corrected chi connectivity index (χ1v) is 7.99. The van der Waals surface area contributed by atoms with Crippen molar-refractivity contribution in [1.82, 2.24) is 14.9 Å². The lowest BCUT2D eigenvalue weighted by Crippen LogP contribution is -2.39. The Morgan fingerprint density at radius 2 is 2.05 bits per heavy atom. The molecule has 1 aromatic rings. The molecule has 0 atom stereocenters. The zero-order valence-electron chi connectivity index (χ0n) is 11.5. The van der Waals surface area contributed by atoms with Crippen molar-refractivity contribution in [1.29, 1.82) is 0 Å². The van der Waals surface area contributed by atoms with Crippen LogP contribution in [0.4, 0.5) is 0 Å². The summed E-state index contributed by atoms with van der Waals surface area (Å²) < 4.78 is 27.0. The molecule has 0 radical (unpaired) electrons. The van der Waals surface area contributed by atoms with E-state index in [1.54, 1.807) is 0 Å². The van der Waals surface area contributed by atoms with E-state index >= 15 is 0 Å². The van der Waals surface area contributed by atoms with Crippen LogP contribution in [0.3, 0.4) is 0 Å². The Morgan fingerprint density at radius 1 is 1.45 bits per heavy atom. The molecule has 8 heteroatoms. The summed E-state index contributed by atoms with van der Waals surface area (Å²) in [5, 5.41) is 14.3. The van der Waals surface area contributed by atoms with E-state index in [4.69, 9.17) is 5.11 Å². The van der Waals surface area contributed by atoms with Gasteiger partial charge in [0.1, 0.15) is 5.56 Å². The van der Waals surface area contributed by atoms with Crippen molar-refractivity contribution in [3.05, 3.63) is 11.8 Å². The van der Waals surface area contributed by atoms with E-state index in [1.807, 2.05) is 0 Å². The van der Waals surface area contributed by atoms with Gasteiger partial charge in [-0.1, -0.05) is 13.8 Å². The van der Waals surface area contributed by atoms with Crippen molar-refractivity contribution in [2.75, 3.05) is 0 Å². The molecule has 7 nitrogen and oxygen atoms in total. The summed E-state index contributed by atoms with van der Waals surface area (Å²) in [4.78, 5) is 11.0. The smallest absolute Gasteiger partial charge is 0.340 e. The quantitative estimate of drug-likeness (QED) is 0.777. The minimum atomic E-state index is -3.88. The molecule has 1 heterocycles. The van der Waals surface area contributed by atoms with E-state index in [0.717, 1.165) is 31.9 Å². The summed E-state index contributed by atoms with van der Waals surface area (Å²) in [6, 6.07) is -0.155. The number of nitrogens with one attached hydrogen (secondary N) is 2. The van der Waals surface area contributed by atoms with Gasteiger partial charge in [-0.15, -0.1) is 0 Å². The summed E-state index contributed by atoms with van der Waals surface area (Å²) in [5.41, 5.74) is -0.101. The van der Waals surface area contributed by atoms with Crippen LogP contribution in [0.5, 0.6) is 0 Å². The highest BCUT2D eigenvalue weighted by molar-refractivity contribution is 7.89. The lowest BCUT2D eigenvalue weighted by Gasteiger charge is -2.34. The second-order valence-electron chi connectivity index (χ2n) is 5.98. The monoisotopic (exact) mass is 301 g/mol. The molecule has 0 unspecified atom stereocenters. The van der Waals surface area contributed by atoms with E-state index in [9.17, 15) is 13.2 Å². The van der Waals surface area contributed by atoms with Crippen LogP contribution in [0, 0.1) is 5.41 Å². The van der Waals surface area contributed by atoms with E-state index in [0.29, 0.717) is 0 Å². The number of aromatic nitrogens is 2. The zero-order chi connectivity index (χ0) is 15.0. The van der Waals surface area contributed by atoms with E-state index in [2.05, 4.69) is 28.8 Å². The molecule has 2 rings (SSSR count). The zero-order valence-corrected chi connectivity index (χ0v) is 12.3. The van der Waals surface area contributed by atoms with Crippen LogP contribution < -0.4 is 4.72 Å². The third kappa shape index (κ3) is 3.18. The summed E-state index contributed by atoms with van der Waals surface area (Å²) in [5.74, 6) is -1.32. The Balaban J connectivity index is 2.12. The molecular weight excluding hydrogens is 282 g/mol. The van der Waals surface area contributed by atoms with Crippen LogP contribution >= 0.6 is 0 Å². The number of carbonyl (C=O) groups is 1. The van der Waals surface area contributed by atoms with Crippen LogP contribution in [-0.4, -0.2) is 35.7 Å². The molecule has 1 saturated carbocycles. The lowest BCUT2D eigenvalue weighted by atomic mass is 9.76. The maximum absolute atomic E-state index is 12.2. The molecule has 112 valence electrons. The number of sulfonamides is 1. The standard InChI is InChI=1S/C12H19N3O4S/c1-12(2)5-3-8(4-6-12)15-20(18,19)10-9(11(16)17)7-13-14-10/h7-8,15H,3-6H2,1-2H3,(H,13,14)(H,16,17). The van der Waals surface area contributed by atoms with Gasteiger partial charge in [0.25, 0.3) is 10.0 Å². The predicted molar refractivity (Wildman–Crippen MR) is 71.9 cm³/mol. The number of hydrogen-bond acceptors (Lipinski definition) is 4. The SMILES string of the molecule is CC1(C)CCC(NS(=O)(=O)c2[nH]ncc2C(=O)O)CC1. The highest BCUT2D eigenvalue weighted by Gasteiger charge is 2.32. The number of carboxylic acid groups (broad SMARTS) is 1. The van der Waals surface area contributed by atoms with Crippen LogP contribution in [0.1, 0.15) is 49.9 Å². The van der Waals surface area contributed by atoms with Crippen LogP contribution in [0.25, 0.3) is 0 Å². The third-order valence-electron chi connectivity index (χ3n) is 3.76. The molecule has 0 saturated heterocycles. The summed E-state index contributed by atoms with van der Waals surface area (Å²) >= 11 is 0. The number of H-pyrrole nitrogens is 1. The third-order valence-corrected chi connectivity index (χ3v) is 5.26. The molecule has 0 spiro atoms. The maximum Gasteiger partial charge on any atom is 0.340 e. The van der Waals surface area contributed by atoms with Gasteiger partial charge in [0.05, 0.1) is 6.20 Å². The van der Waals surface area contributed by atoms with Crippen molar-refractivity contribution >= 4 is 16.0 Å². The number of carboxylic acids is 1. The number of aromatic carboxylic acids is 1. The van der Waals surface area contributed by atoms with Crippen molar-refractivity contribution in [3.63, 3.8) is 0 Å². The second-order valence-corrected chi connectivity index (χ2v) is 7.63. The van der Waals surface area contributed by atoms with Crippen LogP contribution in [0.2, 0.25) is 0 Å². The minimum Gasteiger partial charge on any atom is -0.478 e. The average Bonchev–Trinajstić information content (AvgIpc) is 2.82. The summed E-state index contributed by atoms with van der Waals surface area (Å²) in [7, 11) is -3.88. The molecule has 3 N–H and O–H groups in total. The summed E-state index contributed by atoms with van der Waals surface area (Å²) in [6.07, 6.45) is 4.39. The van der Waals surface area contributed by atoms with Crippen molar-refractivity contribution in [3.8, 4) is 0 Å². The van der Waals surface area contributed by atoms with Gasteiger partial charge in [-0.3, -0.25) is 5.10 Å². The Labute approximate surface area is 117 Å². The van der Waals surface area contributed by atoms with E-state index < -0.39 is 16.0 Å². The fraction of sp³-hybridized carbons (Fsp3) is 0.667. The molecule has 1 aliphatic rings. The Bertz CT molecular complexity index is 596. The van der Waals surface area contributed by atoms with Crippen molar-refractivity contribution in [2.45, 2.75) is 50.6 Å². The lowest BCUT2D eigenvalue weighted by molar-refractivity contribution is 0.0692. The molecule has 0 aliphatic heterocycles. The topological polar surface area (TPSA) is 112 Å². The number of aromatic amines is 1. The highest BCUT2D eigenvalue weighted by Crippen LogP contribution is 2.35. The van der Waals surface area contributed by atoms with Gasteiger partial charge in [0.15, 0.2) is 5.03 Å². The number of hydrogen-bond donors (Lipinski definition) is 3. The van der Waals surface area contributed by atoms with Gasteiger partial charge >= 0.3 is 5.97 Å². The van der Waals surface area contributed by atoms with Gasteiger partial charge in [-0.2, -0.15) is 5.10 Å². The minimum absolute atomic E-state index is 0.155. The number of rotatable bonds is 4. The number of nitrogens with zero attached hydrogens (tertiary/aromatic N) is 1. The molecule has 0 aromatic carbocycles. The van der Waals surface area contributed by atoms with Gasteiger partial charge in [0.2, 0.25) is 0 Å². The molecule has 0 amide bonds. The van der Waals surface area contributed by atoms with Gasteiger partial charge in [0, 0.05) is 6.04 Å². The van der Waals surface area contributed by atoms with E-state index in [1.165, 1.54) is 0 Å². The molecular formula is C12H19N3O4S. The first-order valence-electron chi connectivity index (χ1n) is 6.50. The summed E-state index contributed by atoms with van der Waals surface area (Å²) in [6.45, 7) is 4.32. The van der Waals surface area contributed by atoms with Crippen molar-refractivity contribution in [2.24, 2.45) is 5.41 Å². The fourth-order valence-corrected chi connectivity index (χ4v) is 3.82. The van der Waals surface area contributed by atoms with Crippen LogP contribution in [-0.2, 0) is 10.0 Å². The van der Waals surface area contributed by atoms with Gasteiger partial charge < -0.3 is 5.11 Å². The average molecular weight is 301 g/mol. The van der Waals surface area contributed by atoms with Crippen molar-refractivity contribution < 1.29 is 18.3 Å². The van der Waals surface area contributed by atoms with Gasteiger partial charge in [-0.05, 0) is 31.1 Å². The molecule has 1 aromatic heterocycles. The molecule has 1 aliphatic carbocycles. The van der Waals surface area contributed by atoms with Crippen LogP contribution in [0.15, 0.2) is 11.2 Å². The normalized spacial score (nSPS) is 19.9.